The summed E-state index contributed by atoms with van der Waals surface area (Å²) in [5, 5.41) is 5.51. The number of benzene rings is 2. The van der Waals surface area contributed by atoms with Crippen molar-refractivity contribution in [2.24, 2.45) is 0 Å². The van der Waals surface area contributed by atoms with Gasteiger partial charge in [-0.05, 0) is 53.9 Å². The van der Waals surface area contributed by atoms with E-state index in [2.05, 4.69) is 51.4 Å². The number of fused-ring (bicyclic) bond motifs is 2. The van der Waals surface area contributed by atoms with Crippen molar-refractivity contribution in [1.29, 1.82) is 0 Å². The Labute approximate surface area is 179 Å². The van der Waals surface area contributed by atoms with Gasteiger partial charge in [0.1, 0.15) is 5.65 Å². The van der Waals surface area contributed by atoms with Crippen LogP contribution in [0.5, 0.6) is 0 Å². The summed E-state index contributed by atoms with van der Waals surface area (Å²) in [6, 6.07) is 14.2. The highest BCUT2D eigenvalue weighted by molar-refractivity contribution is 6.36. The molecule has 4 aromatic rings. The number of nitrogens with zero attached hydrogens (tertiary/aromatic N) is 1. The normalized spacial score (nSPS) is 13.0. The zero-order valence-electron chi connectivity index (χ0n) is 15.5. The third-order valence-electron chi connectivity index (χ3n) is 5.24. The molecule has 3 nitrogen and oxygen atoms in total. The maximum absolute atomic E-state index is 6.24. The molecule has 142 valence electrons. The lowest BCUT2D eigenvalue weighted by atomic mass is 9.96. The molecule has 0 atom stereocenters. The molecule has 2 N–H and O–H groups in total. The summed E-state index contributed by atoms with van der Waals surface area (Å²) in [5.74, 6) is 6.30. The summed E-state index contributed by atoms with van der Waals surface area (Å²) in [6.07, 6.45) is 4.85. The molecule has 0 radical (unpaired) electrons. The maximum Gasteiger partial charge on any atom is 0.138 e. The quantitative estimate of drug-likeness (QED) is 0.396. The standard InChI is InChI=1S/C24H17Cl2N3/c25-22-2-1-3-23(26)20(22)7-6-17-13-28-24-21(17)11-19(14-29-24)16-5-4-15-8-9-27-12-18(15)10-16/h1-5,10-11,13-14,27H,8-9,12H2,(H,28,29). The van der Waals surface area contributed by atoms with Crippen molar-refractivity contribution < 1.29 is 0 Å². The van der Waals surface area contributed by atoms with E-state index in [0.29, 0.717) is 15.6 Å². The Morgan fingerprint density at radius 2 is 1.79 bits per heavy atom. The van der Waals surface area contributed by atoms with Crippen LogP contribution < -0.4 is 5.32 Å². The topological polar surface area (TPSA) is 40.7 Å². The van der Waals surface area contributed by atoms with Crippen molar-refractivity contribution >= 4 is 34.2 Å². The summed E-state index contributed by atoms with van der Waals surface area (Å²) < 4.78 is 0. The highest BCUT2D eigenvalue weighted by Gasteiger charge is 2.11. The second-order valence-electron chi connectivity index (χ2n) is 7.08. The van der Waals surface area contributed by atoms with E-state index in [1.165, 1.54) is 11.1 Å². The van der Waals surface area contributed by atoms with Crippen LogP contribution in [0.4, 0.5) is 0 Å². The SMILES string of the molecule is Clc1cccc(Cl)c1C#Cc1c[nH]c2ncc(-c3ccc4c(c3)CNCC4)cc12. The zero-order valence-corrected chi connectivity index (χ0v) is 17.0. The number of aromatic nitrogens is 2. The van der Waals surface area contributed by atoms with Crippen LogP contribution in [0.2, 0.25) is 10.0 Å². The minimum atomic E-state index is 0.548. The Morgan fingerprint density at radius 1 is 0.931 bits per heavy atom. The molecule has 0 saturated heterocycles. The number of hydrogen-bond donors (Lipinski definition) is 2. The first kappa shape index (κ1) is 18.3. The summed E-state index contributed by atoms with van der Waals surface area (Å²) in [7, 11) is 0. The molecular weight excluding hydrogens is 401 g/mol. The molecular formula is C24H17Cl2N3. The van der Waals surface area contributed by atoms with Crippen LogP contribution >= 0.6 is 23.2 Å². The van der Waals surface area contributed by atoms with Crippen molar-refractivity contribution in [3.8, 4) is 23.0 Å². The van der Waals surface area contributed by atoms with Gasteiger partial charge in [0.05, 0.1) is 21.2 Å². The lowest BCUT2D eigenvalue weighted by molar-refractivity contribution is 0.644. The molecule has 2 aromatic heterocycles. The summed E-state index contributed by atoms with van der Waals surface area (Å²) in [5.41, 5.74) is 7.33. The van der Waals surface area contributed by atoms with E-state index in [1.54, 1.807) is 12.1 Å². The number of pyridine rings is 1. The van der Waals surface area contributed by atoms with Gasteiger partial charge in [-0.1, -0.05) is 53.2 Å². The number of rotatable bonds is 1. The molecule has 0 aliphatic carbocycles. The van der Waals surface area contributed by atoms with E-state index in [9.17, 15) is 0 Å². The van der Waals surface area contributed by atoms with Crippen LogP contribution in [0.1, 0.15) is 22.3 Å². The number of hydrogen-bond acceptors (Lipinski definition) is 2. The number of nitrogens with one attached hydrogen (secondary N) is 2. The largest absolute Gasteiger partial charge is 0.345 e. The van der Waals surface area contributed by atoms with Gasteiger partial charge < -0.3 is 10.3 Å². The summed E-state index contributed by atoms with van der Waals surface area (Å²) in [4.78, 5) is 7.78. The monoisotopic (exact) mass is 417 g/mol. The predicted octanol–water partition coefficient (Wildman–Crippen LogP) is 5.58. The molecule has 2 aromatic carbocycles. The van der Waals surface area contributed by atoms with Crippen LogP contribution in [-0.2, 0) is 13.0 Å². The molecule has 0 spiro atoms. The van der Waals surface area contributed by atoms with Crippen LogP contribution in [0.3, 0.4) is 0 Å². The second kappa shape index (κ2) is 7.57. The highest BCUT2D eigenvalue weighted by atomic mass is 35.5. The number of aromatic amines is 1. The first-order chi connectivity index (χ1) is 14.2. The fraction of sp³-hybridized carbons (Fsp3) is 0.125. The van der Waals surface area contributed by atoms with Gasteiger partial charge in [0.2, 0.25) is 0 Å². The summed E-state index contributed by atoms with van der Waals surface area (Å²) >= 11 is 12.5. The average Bonchev–Trinajstić information content (AvgIpc) is 3.15. The van der Waals surface area contributed by atoms with Crippen molar-refractivity contribution in [2.75, 3.05) is 6.54 Å². The van der Waals surface area contributed by atoms with E-state index in [4.69, 9.17) is 23.2 Å². The van der Waals surface area contributed by atoms with E-state index >= 15 is 0 Å². The Bertz CT molecular complexity index is 1270. The maximum atomic E-state index is 6.24. The van der Waals surface area contributed by atoms with Gasteiger partial charge in [0, 0.05) is 29.9 Å². The summed E-state index contributed by atoms with van der Waals surface area (Å²) in [6.45, 7) is 1.96. The Morgan fingerprint density at radius 3 is 2.66 bits per heavy atom. The Balaban J connectivity index is 1.56. The van der Waals surface area contributed by atoms with Crippen LogP contribution in [0.25, 0.3) is 22.2 Å². The Kier molecular flexibility index (Phi) is 4.77. The van der Waals surface area contributed by atoms with Gasteiger partial charge in [-0.3, -0.25) is 0 Å². The molecule has 1 aliphatic heterocycles. The van der Waals surface area contributed by atoms with Crippen molar-refractivity contribution in [3.05, 3.63) is 87.2 Å². The van der Waals surface area contributed by atoms with Crippen molar-refractivity contribution in [3.63, 3.8) is 0 Å². The first-order valence-corrected chi connectivity index (χ1v) is 10.2. The number of H-pyrrole nitrogens is 1. The van der Waals surface area contributed by atoms with Gasteiger partial charge in [0.15, 0.2) is 0 Å². The number of halogens is 2. The van der Waals surface area contributed by atoms with Crippen LogP contribution in [0.15, 0.2) is 54.9 Å². The minimum Gasteiger partial charge on any atom is -0.345 e. The molecule has 0 fully saturated rings. The van der Waals surface area contributed by atoms with Crippen molar-refractivity contribution in [1.82, 2.24) is 15.3 Å². The van der Waals surface area contributed by atoms with Gasteiger partial charge in [0.25, 0.3) is 0 Å². The van der Waals surface area contributed by atoms with Gasteiger partial charge in [-0.2, -0.15) is 0 Å². The molecule has 0 amide bonds. The van der Waals surface area contributed by atoms with Gasteiger partial charge in [-0.25, -0.2) is 4.98 Å². The fourth-order valence-electron chi connectivity index (χ4n) is 3.67. The molecule has 0 bridgehead atoms. The minimum absolute atomic E-state index is 0.548. The molecule has 5 rings (SSSR count). The first-order valence-electron chi connectivity index (χ1n) is 9.45. The lowest BCUT2D eigenvalue weighted by Gasteiger charge is -2.17. The third-order valence-corrected chi connectivity index (χ3v) is 5.87. The van der Waals surface area contributed by atoms with Gasteiger partial charge >= 0.3 is 0 Å². The van der Waals surface area contributed by atoms with E-state index < -0.39 is 0 Å². The molecule has 0 unspecified atom stereocenters. The average molecular weight is 418 g/mol. The molecule has 5 heteroatoms. The fourth-order valence-corrected chi connectivity index (χ4v) is 4.16. The van der Waals surface area contributed by atoms with Gasteiger partial charge in [-0.15, -0.1) is 0 Å². The van der Waals surface area contributed by atoms with Crippen LogP contribution in [0, 0.1) is 11.8 Å². The highest BCUT2D eigenvalue weighted by Crippen LogP contribution is 2.28. The zero-order chi connectivity index (χ0) is 19.8. The molecule has 0 saturated carbocycles. The smallest absolute Gasteiger partial charge is 0.138 e. The lowest BCUT2D eigenvalue weighted by Crippen LogP contribution is -2.23. The van der Waals surface area contributed by atoms with Crippen LogP contribution in [-0.4, -0.2) is 16.5 Å². The molecule has 29 heavy (non-hydrogen) atoms. The van der Waals surface area contributed by atoms with E-state index in [-0.39, 0.29) is 0 Å². The second-order valence-corrected chi connectivity index (χ2v) is 7.89. The van der Waals surface area contributed by atoms with E-state index in [0.717, 1.165) is 47.2 Å². The van der Waals surface area contributed by atoms with Crippen molar-refractivity contribution in [2.45, 2.75) is 13.0 Å². The third kappa shape index (κ3) is 3.52. The predicted molar refractivity (Wildman–Crippen MR) is 119 cm³/mol. The molecule has 1 aliphatic rings. The van der Waals surface area contributed by atoms with E-state index in [1.807, 2.05) is 18.5 Å². The Hall–Kier alpha value is -2.77. The molecule has 3 heterocycles.